The van der Waals surface area contributed by atoms with Crippen LogP contribution in [0, 0.1) is 0 Å². The smallest absolute Gasteiger partial charge is 0.354 e. The molecule has 1 heterocycles. The molecule has 0 aliphatic heterocycles. The maximum Gasteiger partial charge on any atom is 0.354 e. The fourth-order valence-electron chi connectivity index (χ4n) is 2.09. The van der Waals surface area contributed by atoms with Crippen LogP contribution in [0.15, 0.2) is 24.3 Å². The molecule has 2 rings (SSSR count). The Morgan fingerprint density at radius 3 is 2.80 bits per heavy atom. The number of aromatic nitrogens is 1. The molecule has 1 aromatic heterocycles. The molecular weight excluding hydrogens is 260 g/mol. The van der Waals surface area contributed by atoms with Gasteiger partial charge in [0.05, 0.1) is 13.2 Å². The highest BCUT2D eigenvalue weighted by Crippen LogP contribution is 2.23. The molecule has 0 radical (unpaired) electrons. The predicted molar refractivity (Wildman–Crippen MR) is 74.5 cm³/mol. The number of aliphatic hydroxyl groups is 2. The molecule has 108 valence electrons. The SMILES string of the molecule is CNCC(O)C(O)c1ccc2cc(C(=O)OC)[nH]c2c1. The van der Waals surface area contributed by atoms with Gasteiger partial charge in [0.15, 0.2) is 0 Å². The maximum atomic E-state index is 11.4. The molecule has 1 aromatic carbocycles. The Morgan fingerprint density at radius 2 is 2.15 bits per heavy atom. The third kappa shape index (κ3) is 2.82. The first-order valence-corrected chi connectivity index (χ1v) is 6.28. The molecule has 6 heteroatoms. The van der Waals surface area contributed by atoms with E-state index in [1.165, 1.54) is 7.11 Å². The summed E-state index contributed by atoms with van der Waals surface area (Å²) in [5, 5.41) is 23.5. The minimum Gasteiger partial charge on any atom is -0.464 e. The molecule has 0 aliphatic rings. The van der Waals surface area contributed by atoms with Crippen molar-refractivity contribution in [2.45, 2.75) is 12.2 Å². The lowest BCUT2D eigenvalue weighted by Gasteiger charge is -2.17. The van der Waals surface area contributed by atoms with Crippen molar-refractivity contribution >= 4 is 16.9 Å². The number of fused-ring (bicyclic) bond motifs is 1. The van der Waals surface area contributed by atoms with Gasteiger partial charge in [0.1, 0.15) is 11.8 Å². The lowest BCUT2D eigenvalue weighted by molar-refractivity contribution is 0.0203. The molecule has 0 aliphatic carbocycles. The second-order valence-corrected chi connectivity index (χ2v) is 4.59. The Hall–Kier alpha value is -1.89. The van der Waals surface area contributed by atoms with E-state index in [4.69, 9.17) is 0 Å². The number of benzene rings is 1. The van der Waals surface area contributed by atoms with E-state index < -0.39 is 18.2 Å². The number of esters is 1. The first-order valence-electron chi connectivity index (χ1n) is 6.28. The zero-order chi connectivity index (χ0) is 14.7. The highest BCUT2D eigenvalue weighted by atomic mass is 16.5. The Kier molecular flexibility index (Phi) is 4.39. The normalized spacial score (nSPS) is 14.2. The number of ether oxygens (including phenoxy) is 1. The Balaban J connectivity index is 2.31. The molecule has 0 bridgehead atoms. The number of aliphatic hydroxyl groups excluding tert-OH is 2. The van der Waals surface area contributed by atoms with Gasteiger partial charge in [-0.15, -0.1) is 0 Å². The Morgan fingerprint density at radius 1 is 1.40 bits per heavy atom. The average molecular weight is 278 g/mol. The molecule has 0 saturated heterocycles. The summed E-state index contributed by atoms with van der Waals surface area (Å²) in [5.74, 6) is -0.446. The molecule has 0 saturated carbocycles. The summed E-state index contributed by atoms with van der Waals surface area (Å²) >= 11 is 0. The predicted octanol–water partition coefficient (Wildman–Crippen LogP) is 0.568. The molecule has 6 nitrogen and oxygen atoms in total. The van der Waals surface area contributed by atoms with Crippen molar-refractivity contribution in [2.75, 3.05) is 20.7 Å². The van der Waals surface area contributed by atoms with Gasteiger partial charge in [-0.2, -0.15) is 0 Å². The van der Waals surface area contributed by atoms with Crippen LogP contribution in [0.3, 0.4) is 0 Å². The van der Waals surface area contributed by atoms with Crippen LogP contribution in [-0.2, 0) is 4.74 Å². The summed E-state index contributed by atoms with van der Waals surface area (Å²) in [4.78, 5) is 14.4. The van der Waals surface area contributed by atoms with Crippen molar-refractivity contribution in [3.05, 3.63) is 35.5 Å². The van der Waals surface area contributed by atoms with Gasteiger partial charge in [-0.05, 0) is 24.7 Å². The van der Waals surface area contributed by atoms with Crippen molar-refractivity contribution in [1.82, 2.24) is 10.3 Å². The molecule has 2 unspecified atom stereocenters. The van der Waals surface area contributed by atoms with E-state index in [1.807, 2.05) is 0 Å². The quantitative estimate of drug-likeness (QED) is 0.600. The number of hydrogen-bond acceptors (Lipinski definition) is 5. The lowest BCUT2D eigenvalue weighted by Crippen LogP contribution is -2.29. The first kappa shape index (κ1) is 14.5. The van der Waals surface area contributed by atoms with E-state index in [-0.39, 0.29) is 6.54 Å². The van der Waals surface area contributed by atoms with Crippen LogP contribution in [0.2, 0.25) is 0 Å². The van der Waals surface area contributed by atoms with Gasteiger partial charge >= 0.3 is 5.97 Å². The average Bonchev–Trinajstić information content (AvgIpc) is 2.88. The highest BCUT2D eigenvalue weighted by Gasteiger charge is 2.18. The third-order valence-electron chi connectivity index (χ3n) is 3.17. The summed E-state index contributed by atoms with van der Waals surface area (Å²) in [5.41, 5.74) is 1.64. The zero-order valence-corrected chi connectivity index (χ0v) is 11.4. The Bertz CT molecular complexity index is 608. The van der Waals surface area contributed by atoms with Crippen LogP contribution in [0.25, 0.3) is 10.9 Å². The van der Waals surface area contributed by atoms with Crippen molar-refractivity contribution in [2.24, 2.45) is 0 Å². The molecule has 20 heavy (non-hydrogen) atoms. The number of carbonyl (C=O) groups is 1. The van der Waals surface area contributed by atoms with Gasteiger partial charge in [0.2, 0.25) is 0 Å². The minimum atomic E-state index is -0.989. The molecule has 4 N–H and O–H groups in total. The van der Waals surface area contributed by atoms with Gasteiger partial charge in [-0.1, -0.05) is 12.1 Å². The maximum absolute atomic E-state index is 11.4. The van der Waals surface area contributed by atoms with Crippen molar-refractivity contribution in [1.29, 1.82) is 0 Å². The van der Waals surface area contributed by atoms with Crippen LogP contribution in [0.4, 0.5) is 0 Å². The Labute approximate surface area is 116 Å². The highest BCUT2D eigenvalue weighted by molar-refractivity contribution is 5.94. The molecule has 0 fully saturated rings. The summed E-state index contributed by atoms with van der Waals surface area (Å²) in [6, 6.07) is 6.90. The van der Waals surface area contributed by atoms with Gasteiger partial charge in [-0.3, -0.25) is 0 Å². The number of carbonyl (C=O) groups excluding carboxylic acids is 1. The summed E-state index contributed by atoms with van der Waals surface area (Å²) in [6.45, 7) is 0.289. The van der Waals surface area contributed by atoms with E-state index in [1.54, 1.807) is 31.3 Å². The van der Waals surface area contributed by atoms with Gasteiger partial charge < -0.3 is 25.3 Å². The fraction of sp³-hybridized carbons (Fsp3) is 0.357. The first-order chi connectivity index (χ1) is 9.56. The molecule has 2 aromatic rings. The number of H-pyrrole nitrogens is 1. The van der Waals surface area contributed by atoms with E-state index in [2.05, 4.69) is 15.0 Å². The standard InChI is InChI=1S/C14H18N2O4/c1-15-7-12(17)13(18)9-4-3-8-5-11(14(19)20-2)16-10(8)6-9/h3-6,12-13,15-18H,7H2,1-2H3. The summed E-state index contributed by atoms with van der Waals surface area (Å²) < 4.78 is 4.65. The van der Waals surface area contributed by atoms with Crippen LogP contribution in [0.5, 0.6) is 0 Å². The fourth-order valence-corrected chi connectivity index (χ4v) is 2.09. The monoisotopic (exact) mass is 278 g/mol. The van der Waals surface area contributed by atoms with Crippen LogP contribution < -0.4 is 5.32 Å². The van der Waals surface area contributed by atoms with Crippen LogP contribution >= 0.6 is 0 Å². The molecule has 0 spiro atoms. The van der Waals surface area contributed by atoms with E-state index in [0.29, 0.717) is 16.8 Å². The third-order valence-corrected chi connectivity index (χ3v) is 3.17. The van der Waals surface area contributed by atoms with Crippen LogP contribution in [-0.4, -0.2) is 48.0 Å². The van der Waals surface area contributed by atoms with Crippen molar-refractivity contribution in [3.63, 3.8) is 0 Å². The van der Waals surface area contributed by atoms with E-state index in [0.717, 1.165) is 5.39 Å². The van der Waals surface area contributed by atoms with Crippen molar-refractivity contribution < 1.29 is 19.7 Å². The summed E-state index contributed by atoms with van der Waals surface area (Å²) in [6.07, 6.45) is -1.88. The summed E-state index contributed by atoms with van der Waals surface area (Å²) in [7, 11) is 3.02. The van der Waals surface area contributed by atoms with E-state index >= 15 is 0 Å². The lowest BCUT2D eigenvalue weighted by atomic mass is 10.0. The number of methoxy groups -OCH3 is 1. The van der Waals surface area contributed by atoms with Crippen LogP contribution in [0.1, 0.15) is 22.2 Å². The van der Waals surface area contributed by atoms with E-state index in [9.17, 15) is 15.0 Å². The second kappa shape index (κ2) is 6.04. The number of hydrogen-bond donors (Lipinski definition) is 4. The number of aromatic amines is 1. The largest absolute Gasteiger partial charge is 0.464 e. The number of rotatable bonds is 5. The van der Waals surface area contributed by atoms with Gasteiger partial charge in [0.25, 0.3) is 0 Å². The topological polar surface area (TPSA) is 94.6 Å². The number of nitrogens with one attached hydrogen (secondary N) is 2. The second-order valence-electron chi connectivity index (χ2n) is 4.59. The number of likely N-dealkylation sites (N-methyl/N-ethyl adjacent to an activating group) is 1. The van der Waals surface area contributed by atoms with Gasteiger partial charge in [-0.25, -0.2) is 4.79 Å². The van der Waals surface area contributed by atoms with Gasteiger partial charge in [0, 0.05) is 17.4 Å². The molecule has 0 amide bonds. The van der Waals surface area contributed by atoms with Crippen molar-refractivity contribution in [3.8, 4) is 0 Å². The molecule has 2 atom stereocenters. The minimum absolute atomic E-state index is 0.289. The zero-order valence-electron chi connectivity index (χ0n) is 11.4. The molecular formula is C14H18N2O4.